The lowest BCUT2D eigenvalue weighted by atomic mass is 9.94. The van der Waals surface area contributed by atoms with Gasteiger partial charge in [-0.2, -0.15) is 0 Å². The van der Waals surface area contributed by atoms with Gasteiger partial charge < -0.3 is 0 Å². The highest BCUT2D eigenvalue weighted by Crippen LogP contribution is 2.58. The molecule has 1 aromatic rings. The van der Waals surface area contributed by atoms with Crippen molar-refractivity contribution in [3.05, 3.63) is 34.9 Å². The summed E-state index contributed by atoms with van der Waals surface area (Å²) in [7, 11) is 0. The van der Waals surface area contributed by atoms with Crippen LogP contribution in [-0.2, 0) is 5.41 Å². The maximum absolute atomic E-state index is 4.76. The van der Waals surface area contributed by atoms with Crippen molar-refractivity contribution in [1.29, 1.82) is 0 Å². The molecule has 2 unspecified atom stereocenters. The topological polar surface area (TPSA) is 24.4 Å². The largest absolute Gasteiger partial charge is 0.287 e. The molecule has 1 N–H and O–H groups in total. The molecule has 0 amide bonds. The third kappa shape index (κ3) is 0.897. The molecule has 2 nitrogen and oxygen atoms in total. The number of nitrogens with one attached hydrogen (secondary N) is 1. The third-order valence-electron chi connectivity index (χ3n) is 4.34. The Labute approximate surface area is 95.8 Å². The second kappa shape index (κ2) is 2.57. The van der Waals surface area contributed by atoms with E-state index in [1.165, 1.54) is 29.7 Å². The van der Waals surface area contributed by atoms with Crippen LogP contribution in [0.5, 0.6) is 0 Å². The summed E-state index contributed by atoms with van der Waals surface area (Å²) in [5.74, 6) is 0. The van der Waals surface area contributed by atoms with Crippen LogP contribution in [0, 0.1) is 6.92 Å². The van der Waals surface area contributed by atoms with E-state index >= 15 is 0 Å². The Kier molecular flexibility index (Phi) is 1.43. The van der Waals surface area contributed by atoms with Gasteiger partial charge in [0, 0.05) is 11.0 Å². The molecule has 4 rings (SSSR count). The lowest BCUT2D eigenvalue weighted by molar-refractivity contribution is 0.498. The lowest BCUT2D eigenvalue weighted by Gasteiger charge is -2.18. The van der Waals surface area contributed by atoms with Crippen molar-refractivity contribution in [3.8, 4) is 0 Å². The van der Waals surface area contributed by atoms with Crippen LogP contribution in [-0.4, -0.2) is 17.9 Å². The summed E-state index contributed by atoms with van der Waals surface area (Å²) in [6, 6.07) is 7.35. The SMILES string of the molecule is Cc1ccc2c(c1)C1(CC1)C1NC(C)N=C21. The zero-order chi connectivity index (χ0) is 10.9. The van der Waals surface area contributed by atoms with Gasteiger partial charge >= 0.3 is 0 Å². The molecule has 3 aliphatic rings. The van der Waals surface area contributed by atoms with Crippen molar-refractivity contribution < 1.29 is 0 Å². The van der Waals surface area contributed by atoms with E-state index in [0.29, 0.717) is 17.6 Å². The number of fused-ring (bicyclic) bond motifs is 5. The normalized spacial score (nSPS) is 32.5. The Morgan fingerprint density at radius 2 is 2.19 bits per heavy atom. The molecule has 1 spiro atoms. The fraction of sp³-hybridized carbons (Fsp3) is 0.500. The van der Waals surface area contributed by atoms with Gasteiger partial charge in [0.05, 0.1) is 17.9 Å². The van der Waals surface area contributed by atoms with Crippen molar-refractivity contribution >= 4 is 5.71 Å². The molecule has 2 heteroatoms. The number of aliphatic imine (C=N–C) groups is 1. The van der Waals surface area contributed by atoms with Gasteiger partial charge in [-0.25, -0.2) is 0 Å². The molecule has 16 heavy (non-hydrogen) atoms. The summed E-state index contributed by atoms with van der Waals surface area (Å²) in [6.07, 6.45) is 2.95. The van der Waals surface area contributed by atoms with E-state index < -0.39 is 0 Å². The van der Waals surface area contributed by atoms with Gasteiger partial charge in [-0.3, -0.25) is 10.3 Å². The van der Waals surface area contributed by atoms with E-state index in [1.807, 2.05) is 0 Å². The fourth-order valence-electron chi connectivity index (χ4n) is 3.43. The smallest absolute Gasteiger partial charge is 0.0975 e. The number of benzene rings is 1. The van der Waals surface area contributed by atoms with Crippen molar-refractivity contribution in [2.24, 2.45) is 4.99 Å². The molecule has 0 bridgehead atoms. The standard InChI is InChI=1S/C14H16N2/c1-8-3-4-10-11(7-8)14(5-6-14)13-12(10)15-9(2)16-13/h3-4,7,9,13,16H,5-6H2,1-2H3. The summed E-state index contributed by atoms with van der Waals surface area (Å²) in [6.45, 7) is 4.33. The zero-order valence-corrected chi connectivity index (χ0v) is 9.75. The molecule has 1 aliphatic heterocycles. The maximum atomic E-state index is 4.76. The summed E-state index contributed by atoms with van der Waals surface area (Å²) >= 11 is 0. The first-order valence-corrected chi connectivity index (χ1v) is 6.16. The molecule has 0 saturated heterocycles. The van der Waals surface area contributed by atoms with Crippen LogP contribution in [0.4, 0.5) is 0 Å². The molecule has 82 valence electrons. The quantitative estimate of drug-likeness (QED) is 0.700. The molecule has 1 heterocycles. The minimum absolute atomic E-state index is 0.298. The van der Waals surface area contributed by atoms with Gasteiger partial charge in [-0.1, -0.05) is 23.8 Å². The molecule has 1 fully saturated rings. The maximum Gasteiger partial charge on any atom is 0.0975 e. The highest BCUT2D eigenvalue weighted by Gasteiger charge is 2.59. The predicted molar refractivity (Wildman–Crippen MR) is 65.0 cm³/mol. The highest BCUT2D eigenvalue weighted by molar-refractivity contribution is 6.12. The van der Waals surface area contributed by atoms with Crippen LogP contribution in [0.15, 0.2) is 23.2 Å². The Hall–Kier alpha value is -1.15. The van der Waals surface area contributed by atoms with E-state index in [-0.39, 0.29) is 0 Å². The molecule has 2 atom stereocenters. The molecule has 2 aliphatic carbocycles. The molecule has 1 saturated carbocycles. The van der Waals surface area contributed by atoms with Crippen LogP contribution in [0.1, 0.15) is 36.5 Å². The average molecular weight is 212 g/mol. The average Bonchev–Trinajstić information content (AvgIpc) is 2.91. The summed E-state index contributed by atoms with van der Waals surface area (Å²) < 4.78 is 0. The van der Waals surface area contributed by atoms with Gasteiger partial charge in [0.25, 0.3) is 0 Å². The Morgan fingerprint density at radius 1 is 1.38 bits per heavy atom. The van der Waals surface area contributed by atoms with Crippen molar-refractivity contribution in [3.63, 3.8) is 0 Å². The van der Waals surface area contributed by atoms with Crippen LogP contribution in [0.25, 0.3) is 0 Å². The second-order valence-electron chi connectivity index (χ2n) is 5.50. The molecular weight excluding hydrogens is 196 g/mol. The molecular formula is C14H16N2. The first kappa shape index (κ1) is 8.94. The Morgan fingerprint density at radius 3 is 2.94 bits per heavy atom. The van der Waals surface area contributed by atoms with Gasteiger partial charge in [-0.15, -0.1) is 0 Å². The van der Waals surface area contributed by atoms with E-state index in [9.17, 15) is 0 Å². The summed E-state index contributed by atoms with van der Waals surface area (Å²) in [4.78, 5) is 4.76. The third-order valence-corrected chi connectivity index (χ3v) is 4.34. The fourth-order valence-corrected chi connectivity index (χ4v) is 3.43. The minimum Gasteiger partial charge on any atom is -0.287 e. The van der Waals surface area contributed by atoms with Crippen molar-refractivity contribution in [1.82, 2.24) is 5.32 Å². The van der Waals surface area contributed by atoms with Gasteiger partial charge in [0.1, 0.15) is 0 Å². The minimum atomic E-state index is 0.298. The zero-order valence-electron chi connectivity index (χ0n) is 9.75. The first-order valence-electron chi connectivity index (χ1n) is 6.16. The van der Waals surface area contributed by atoms with Gasteiger partial charge in [-0.05, 0) is 32.3 Å². The predicted octanol–water partition coefficient (Wildman–Crippen LogP) is 2.15. The Balaban J connectivity index is 1.98. The lowest BCUT2D eigenvalue weighted by Crippen LogP contribution is -2.39. The summed E-state index contributed by atoms with van der Waals surface area (Å²) in [5, 5.41) is 3.63. The number of aryl methyl sites for hydroxylation is 1. The molecule has 0 radical (unpaired) electrons. The monoisotopic (exact) mass is 212 g/mol. The number of nitrogens with zero attached hydrogens (tertiary/aromatic N) is 1. The van der Waals surface area contributed by atoms with Crippen molar-refractivity contribution in [2.75, 3.05) is 0 Å². The van der Waals surface area contributed by atoms with Crippen LogP contribution >= 0.6 is 0 Å². The van der Waals surface area contributed by atoms with Gasteiger partial charge in [0.2, 0.25) is 0 Å². The van der Waals surface area contributed by atoms with E-state index in [2.05, 4.69) is 37.4 Å². The van der Waals surface area contributed by atoms with Gasteiger partial charge in [0.15, 0.2) is 0 Å². The van der Waals surface area contributed by atoms with E-state index in [1.54, 1.807) is 5.56 Å². The van der Waals surface area contributed by atoms with Crippen LogP contribution in [0.2, 0.25) is 0 Å². The number of rotatable bonds is 0. The summed E-state index contributed by atoms with van der Waals surface area (Å²) in [5.41, 5.74) is 6.06. The number of hydrogen-bond acceptors (Lipinski definition) is 2. The first-order chi connectivity index (χ1) is 7.71. The van der Waals surface area contributed by atoms with Crippen LogP contribution in [0.3, 0.4) is 0 Å². The van der Waals surface area contributed by atoms with Crippen LogP contribution < -0.4 is 5.32 Å². The molecule has 0 aromatic heterocycles. The molecule has 1 aromatic carbocycles. The number of hydrogen-bond donors (Lipinski definition) is 1. The Bertz CT molecular complexity index is 511. The van der Waals surface area contributed by atoms with E-state index in [4.69, 9.17) is 4.99 Å². The highest BCUT2D eigenvalue weighted by atomic mass is 15.2. The van der Waals surface area contributed by atoms with Crippen molar-refractivity contribution in [2.45, 2.75) is 44.3 Å². The second-order valence-corrected chi connectivity index (χ2v) is 5.50. The van der Waals surface area contributed by atoms with E-state index in [0.717, 1.165) is 0 Å².